The highest BCUT2D eigenvalue weighted by molar-refractivity contribution is 5.53. The van der Waals surface area contributed by atoms with E-state index in [0.717, 1.165) is 38.1 Å². The Morgan fingerprint density at radius 1 is 1.24 bits per heavy atom. The zero-order valence-corrected chi connectivity index (χ0v) is 11.2. The van der Waals surface area contributed by atoms with Crippen molar-refractivity contribution in [1.82, 2.24) is 15.5 Å². The van der Waals surface area contributed by atoms with Gasteiger partial charge in [0, 0.05) is 12.0 Å². The van der Waals surface area contributed by atoms with Crippen LogP contribution in [-0.4, -0.2) is 23.2 Å². The molecular formula is C14H14F3N3O. The first-order valence-electron chi connectivity index (χ1n) is 6.81. The Morgan fingerprint density at radius 2 is 2.00 bits per heavy atom. The Kier molecular flexibility index (Phi) is 3.92. The molecule has 21 heavy (non-hydrogen) atoms. The van der Waals surface area contributed by atoms with Crippen molar-refractivity contribution in [2.45, 2.75) is 19.3 Å². The Bertz CT molecular complexity index is 615. The van der Waals surface area contributed by atoms with E-state index < -0.39 is 17.5 Å². The van der Waals surface area contributed by atoms with E-state index in [1.165, 1.54) is 0 Å². The van der Waals surface area contributed by atoms with Gasteiger partial charge in [0.15, 0.2) is 23.3 Å². The third kappa shape index (κ3) is 3.07. The first kappa shape index (κ1) is 14.1. The minimum atomic E-state index is -1.51. The van der Waals surface area contributed by atoms with Crippen LogP contribution in [0.3, 0.4) is 0 Å². The smallest absolute Gasteiger partial charge is 0.258 e. The van der Waals surface area contributed by atoms with E-state index in [1.807, 2.05) is 0 Å². The molecule has 1 aromatic carbocycles. The van der Waals surface area contributed by atoms with Gasteiger partial charge in [0.1, 0.15) is 0 Å². The predicted octanol–water partition coefficient (Wildman–Crippen LogP) is 2.70. The van der Waals surface area contributed by atoms with Crippen LogP contribution in [0.2, 0.25) is 0 Å². The predicted molar refractivity (Wildman–Crippen MR) is 68.9 cm³/mol. The maximum atomic E-state index is 13.2. The first-order chi connectivity index (χ1) is 10.1. The highest BCUT2D eigenvalue weighted by atomic mass is 19.2. The molecule has 1 atom stereocenters. The molecule has 1 N–H and O–H groups in total. The Balaban J connectivity index is 1.78. The number of rotatable bonds is 3. The van der Waals surface area contributed by atoms with Crippen LogP contribution in [0.4, 0.5) is 13.2 Å². The van der Waals surface area contributed by atoms with Gasteiger partial charge in [0.25, 0.3) is 5.89 Å². The van der Waals surface area contributed by atoms with Crippen LogP contribution in [0.5, 0.6) is 0 Å². The average Bonchev–Trinajstić information content (AvgIpc) is 2.94. The van der Waals surface area contributed by atoms with Crippen molar-refractivity contribution in [1.29, 1.82) is 0 Å². The van der Waals surface area contributed by atoms with E-state index in [1.54, 1.807) is 0 Å². The maximum Gasteiger partial charge on any atom is 0.258 e. The molecule has 1 unspecified atom stereocenters. The number of nitrogens with one attached hydrogen (secondary N) is 1. The summed E-state index contributed by atoms with van der Waals surface area (Å²) in [5.74, 6) is -3.16. The molecule has 7 heteroatoms. The van der Waals surface area contributed by atoms with E-state index in [2.05, 4.69) is 15.5 Å². The molecule has 1 saturated heterocycles. The Morgan fingerprint density at radius 3 is 2.67 bits per heavy atom. The molecule has 4 nitrogen and oxygen atoms in total. The summed E-state index contributed by atoms with van der Waals surface area (Å²) < 4.78 is 44.3. The summed E-state index contributed by atoms with van der Waals surface area (Å²) in [6.07, 6.45) is 2.82. The molecule has 1 aromatic heterocycles. The number of benzene rings is 1. The fourth-order valence-electron chi connectivity index (χ4n) is 2.49. The molecule has 2 aromatic rings. The topological polar surface area (TPSA) is 51.0 Å². The zero-order valence-electron chi connectivity index (χ0n) is 11.2. The van der Waals surface area contributed by atoms with E-state index in [9.17, 15) is 13.2 Å². The fraction of sp³-hybridized carbons (Fsp3) is 0.429. The Labute approximate surface area is 119 Å². The molecule has 0 aliphatic carbocycles. The number of hydrogen-bond acceptors (Lipinski definition) is 4. The molecule has 0 bridgehead atoms. The molecule has 0 radical (unpaired) electrons. The Hall–Kier alpha value is -1.89. The van der Waals surface area contributed by atoms with Gasteiger partial charge < -0.3 is 9.84 Å². The summed E-state index contributed by atoms with van der Waals surface area (Å²) in [5.41, 5.74) is 0.0342. The van der Waals surface area contributed by atoms with Crippen LogP contribution in [0.25, 0.3) is 11.5 Å². The highest BCUT2D eigenvalue weighted by Gasteiger charge is 2.19. The molecular weight excluding hydrogens is 283 g/mol. The normalized spacial score (nSPS) is 18.9. The first-order valence-corrected chi connectivity index (χ1v) is 6.81. The standard InChI is InChI=1S/C14H14F3N3O/c15-10-5-9(6-11(16)13(10)17)14-19-12(20-21-14)4-8-2-1-3-18-7-8/h5-6,8,18H,1-4,7H2. The molecule has 1 fully saturated rings. The molecule has 112 valence electrons. The number of nitrogens with zero attached hydrogens (tertiary/aromatic N) is 2. The monoisotopic (exact) mass is 297 g/mol. The van der Waals surface area contributed by atoms with Crippen LogP contribution in [0.1, 0.15) is 18.7 Å². The zero-order chi connectivity index (χ0) is 14.8. The molecule has 0 amide bonds. The molecule has 0 spiro atoms. The molecule has 0 saturated carbocycles. The second-order valence-corrected chi connectivity index (χ2v) is 5.19. The van der Waals surface area contributed by atoms with Crippen molar-refractivity contribution in [3.05, 3.63) is 35.4 Å². The largest absolute Gasteiger partial charge is 0.334 e. The van der Waals surface area contributed by atoms with Gasteiger partial charge in [-0.3, -0.25) is 0 Å². The van der Waals surface area contributed by atoms with Gasteiger partial charge in [-0.1, -0.05) is 5.16 Å². The third-order valence-corrected chi connectivity index (χ3v) is 3.57. The van der Waals surface area contributed by atoms with Gasteiger partial charge >= 0.3 is 0 Å². The lowest BCUT2D eigenvalue weighted by Crippen LogP contribution is -2.31. The molecule has 2 heterocycles. The van der Waals surface area contributed by atoms with Crippen LogP contribution in [0, 0.1) is 23.4 Å². The van der Waals surface area contributed by atoms with Gasteiger partial charge in [0.2, 0.25) is 0 Å². The summed E-state index contributed by atoms with van der Waals surface area (Å²) in [5, 5.41) is 7.10. The lowest BCUT2D eigenvalue weighted by Gasteiger charge is -2.20. The van der Waals surface area contributed by atoms with E-state index in [-0.39, 0.29) is 11.5 Å². The molecule has 3 rings (SSSR count). The van der Waals surface area contributed by atoms with Crippen molar-refractivity contribution < 1.29 is 17.7 Å². The summed E-state index contributed by atoms with van der Waals surface area (Å²) >= 11 is 0. The van der Waals surface area contributed by atoms with Crippen LogP contribution in [0.15, 0.2) is 16.7 Å². The van der Waals surface area contributed by atoms with Crippen LogP contribution >= 0.6 is 0 Å². The van der Waals surface area contributed by atoms with E-state index >= 15 is 0 Å². The van der Waals surface area contributed by atoms with Crippen molar-refractivity contribution in [2.24, 2.45) is 5.92 Å². The van der Waals surface area contributed by atoms with Gasteiger partial charge in [-0.15, -0.1) is 0 Å². The van der Waals surface area contributed by atoms with Crippen LogP contribution < -0.4 is 5.32 Å². The summed E-state index contributed by atoms with van der Waals surface area (Å²) in [7, 11) is 0. The lowest BCUT2D eigenvalue weighted by atomic mass is 9.96. The maximum absolute atomic E-state index is 13.2. The van der Waals surface area contributed by atoms with E-state index in [4.69, 9.17) is 4.52 Å². The molecule has 1 aliphatic heterocycles. The third-order valence-electron chi connectivity index (χ3n) is 3.57. The second-order valence-electron chi connectivity index (χ2n) is 5.19. The molecule has 1 aliphatic rings. The van der Waals surface area contributed by atoms with Gasteiger partial charge in [-0.25, -0.2) is 13.2 Å². The fourth-order valence-corrected chi connectivity index (χ4v) is 2.49. The number of piperidine rings is 1. The van der Waals surface area contributed by atoms with Crippen molar-refractivity contribution in [3.8, 4) is 11.5 Å². The summed E-state index contributed by atoms with van der Waals surface area (Å²) in [4.78, 5) is 4.13. The van der Waals surface area contributed by atoms with Gasteiger partial charge in [-0.2, -0.15) is 4.98 Å². The summed E-state index contributed by atoms with van der Waals surface area (Å²) in [6.45, 7) is 1.91. The van der Waals surface area contributed by atoms with Crippen molar-refractivity contribution in [3.63, 3.8) is 0 Å². The second kappa shape index (κ2) is 5.85. The minimum absolute atomic E-state index is 0.00781. The number of aromatic nitrogens is 2. The van der Waals surface area contributed by atoms with Gasteiger partial charge in [-0.05, 0) is 44.0 Å². The lowest BCUT2D eigenvalue weighted by molar-refractivity contribution is 0.359. The quantitative estimate of drug-likeness (QED) is 0.885. The van der Waals surface area contributed by atoms with E-state index in [0.29, 0.717) is 18.2 Å². The summed E-state index contributed by atoms with van der Waals surface area (Å²) in [6, 6.07) is 1.69. The average molecular weight is 297 g/mol. The SMILES string of the molecule is Fc1cc(-c2nc(CC3CCCNC3)no2)cc(F)c1F. The van der Waals surface area contributed by atoms with Crippen molar-refractivity contribution in [2.75, 3.05) is 13.1 Å². The minimum Gasteiger partial charge on any atom is -0.334 e. The number of halogens is 3. The van der Waals surface area contributed by atoms with Gasteiger partial charge in [0.05, 0.1) is 0 Å². The van der Waals surface area contributed by atoms with Crippen LogP contribution in [-0.2, 0) is 6.42 Å². The van der Waals surface area contributed by atoms with Crippen molar-refractivity contribution >= 4 is 0 Å². The number of hydrogen-bond donors (Lipinski definition) is 1. The highest BCUT2D eigenvalue weighted by Crippen LogP contribution is 2.23.